The van der Waals surface area contributed by atoms with Crippen LogP contribution in [0.2, 0.25) is 0 Å². The third kappa shape index (κ3) is 7.17. The van der Waals surface area contributed by atoms with Crippen molar-refractivity contribution in [2.75, 3.05) is 52.8 Å². The Hall–Kier alpha value is -1.39. The molecule has 1 aromatic carbocycles. The van der Waals surface area contributed by atoms with Crippen molar-refractivity contribution in [2.24, 2.45) is 0 Å². The zero-order valence-electron chi connectivity index (χ0n) is 14.9. The summed E-state index contributed by atoms with van der Waals surface area (Å²) in [5, 5.41) is 5.59. The van der Waals surface area contributed by atoms with E-state index in [1.54, 1.807) is 7.11 Å². The standard InChI is InChI=1S/C15H25N3O5S.ClH/c1-5-23-14-7-6-12(24(20,21)18(2)3)10-13(14)17-15(19)11-16-8-9-22-4;/h6-7,10,16H,5,8-9,11H2,1-4H3,(H,17,19);1H. The van der Waals surface area contributed by atoms with Crippen molar-refractivity contribution in [3.8, 4) is 5.75 Å². The number of carbonyl (C=O) groups is 1. The van der Waals surface area contributed by atoms with Crippen LogP contribution >= 0.6 is 12.4 Å². The second kappa shape index (κ2) is 11.3. The molecule has 2 N–H and O–H groups in total. The molecule has 0 radical (unpaired) electrons. The number of amides is 1. The molecule has 0 saturated carbocycles. The van der Waals surface area contributed by atoms with E-state index in [9.17, 15) is 13.2 Å². The average molecular weight is 396 g/mol. The van der Waals surface area contributed by atoms with E-state index in [4.69, 9.17) is 9.47 Å². The normalized spacial score (nSPS) is 11.1. The Balaban J connectivity index is 0.00000576. The monoisotopic (exact) mass is 395 g/mol. The lowest BCUT2D eigenvalue weighted by Gasteiger charge is -2.16. The number of ether oxygens (including phenoxy) is 2. The van der Waals surface area contributed by atoms with Gasteiger partial charge in [0.05, 0.1) is 30.3 Å². The van der Waals surface area contributed by atoms with Gasteiger partial charge >= 0.3 is 0 Å². The first-order chi connectivity index (χ1) is 11.3. The smallest absolute Gasteiger partial charge is 0.242 e. The maximum absolute atomic E-state index is 12.2. The van der Waals surface area contributed by atoms with Crippen molar-refractivity contribution < 1.29 is 22.7 Å². The van der Waals surface area contributed by atoms with Gasteiger partial charge in [0.2, 0.25) is 15.9 Å². The van der Waals surface area contributed by atoms with Crippen LogP contribution in [0, 0.1) is 0 Å². The fraction of sp³-hybridized carbons (Fsp3) is 0.533. The summed E-state index contributed by atoms with van der Waals surface area (Å²) in [6.45, 7) is 3.32. The first-order valence-corrected chi connectivity index (χ1v) is 8.95. The summed E-state index contributed by atoms with van der Waals surface area (Å²) in [5.74, 6) is 0.118. The minimum absolute atomic E-state index is 0. The summed E-state index contributed by atoms with van der Waals surface area (Å²) in [7, 11) is 0.876. The van der Waals surface area contributed by atoms with E-state index < -0.39 is 10.0 Å². The molecular formula is C15H26ClN3O5S. The van der Waals surface area contributed by atoms with Crippen LogP contribution in [-0.4, -0.2) is 66.1 Å². The van der Waals surface area contributed by atoms with E-state index in [1.807, 2.05) is 6.92 Å². The van der Waals surface area contributed by atoms with Crippen LogP contribution in [0.25, 0.3) is 0 Å². The van der Waals surface area contributed by atoms with E-state index in [2.05, 4.69) is 10.6 Å². The highest BCUT2D eigenvalue weighted by Gasteiger charge is 2.19. The molecule has 0 aliphatic rings. The first-order valence-electron chi connectivity index (χ1n) is 7.51. The highest BCUT2D eigenvalue weighted by Crippen LogP contribution is 2.28. The van der Waals surface area contributed by atoms with Crippen LogP contribution in [0.1, 0.15) is 6.92 Å². The molecule has 0 heterocycles. The molecule has 0 saturated heterocycles. The second-order valence-electron chi connectivity index (χ2n) is 5.10. The minimum Gasteiger partial charge on any atom is -0.492 e. The average Bonchev–Trinajstić information content (AvgIpc) is 2.53. The second-order valence-corrected chi connectivity index (χ2v) is 7.25. The lowest BCUT2D eigenvalue weighted by molar-refractivity contribution is -0.115. The fourth-order valence-electron chi connectivity index (χ4n) is 1.83. The lowest BCUT2D eigenvalue weighted by atomic mass is 10.3. The van der Waals surface area contributed by atoms with Crippen LogP contribution < -0.4 is 15.4 Å². The first kappa shape index (κ1) is 23.6. The van der Waals surface area contributed by atoms with Gasteiger partial charge in [-0.3, -0.25) is 4.79 Å². The number of sulfonamides is 1. The maximum atomic E-state index is 12.2. The van der Waals surface area contributed by atoms with E-state index in [0.29, 0.717) is 31.2 Å². The number of carbonyl (C=O) groups excluding carboxylic acids is 1. The molecule has 25 heavy (non-hydrogen) atoms. The van der Waals surface area contributed by atoms with Crippen molar-refractivity contribution in [1.82, 2.24) is 9.62 Å². The summed E-state index contributed by atoms with van der Waals surface area (Å²) < 4.78 is 35.9. The largest absolute Gasteiger partial charge is 0.492 e. The van der Waals surface area contributed by atoms with Gasteiger partial charge in [0.25, 0.3) is 0 Å². The zero-order chi connectivity index (χ0) is 18.2. The van der Waals surface area contributed by atoms with Crippen LogP contribution in [0.5, 0.6) is 5.75 Å². The Morgan fingerprint density at radius 3 is 2.52 bits per heavy atom. The molecule has 0 bridgehead atoms. The predicted octanol–water partition coefficient (Wildman–Crippen LogP) is 0.932. The predicted molar refractivity (Wildman–Crippen MR) is 99.1 cm³/mol. The van der Waals surface area contributed by atoms with Crippen molar-refractivity contribution in [3.63, 3.8) is 0 Å². The molecule has 0 fully saturated rings. The van der Waals surface area contributed by atoms with Crippen LogP contribution in [0.15, 0.2) is 23.1 Å². The number of hydrogen-bond donors (Lipinski definition) is 2. The van der Waals surface area contributed by atoms with Gasteiger partial charge in [0.1, 0.15) is 5.75 Å². The summed E-state index contributed by atoms with van der Waals surface area (Å²) in [6.07, 6.45) is 0. The number of methoxy groups -OCH3 is 1. The molecule has 1 rings (SSSR count). The quantitative estimate of drug-likeness (QED) is 0.572. The molecule has 1 aromatic rings. The summed E-state index contributed by atoms with van der Waals surface area (Å²) in [4.78, 5) is 12.1. The van der Waals surface area contributed by atoms with Crippen LogP contribution in [0.4, 0.5) is 5.69 Å². The van der Waals surface area contributed by atoms with E-state index in [1.165, 1.54) is 32.3 Å². The van der Waals surface area contributed by atoms with Crippen LogP contribution in [0.3, 0.4) is 0 Å². The number of benzene rings is 1. The third-order valence-electron chi connectivity index (χ3n) is 3.07. The Kier molecular flexibility index (Phi) is 10.6. The topological polar surface area (TPSA) is 97.0 Å². The van der Waals surface area contributed by atoms with Crippen LogP contribution in [-0.2, 0) is 19.6 Å². The number of rotatable bonds is 10. The SMILES string of the molecule is CCOc1ccc(S(=O)(=O)N(C)C)cc1NC(=O)CNCCOC.Cl. The highest BCUT2D eigenvalue weighted by atomic mass is 35.5. The lowest BCUT2D eigenvalue weighted by Crippen LogP contribution is -2.30. The highest BCUT2D eigenvalue weighted by molar-refractivity contribution is 7.89. The van der Waals surface area contributed by atoms with E-state index in [0.717, 1.165) is 4.31 Å². The fourth-order valence-corrected chi connectivity index (χ4v) is 2.76. The number of hydrogen-bond acceptors (Lipinski definition) is 6. The van der Waals surface area contributed by atoms with Gasteiger partial charge in [-0.2, -0.15) is 0 Å². The van der Waals surface area contributed by atoms with Crippen molar-refractivity contribution in [2.45, 2.75) is 11.8 Å². The van der Waals surface area contributed by atoms with Gasteiger partial charge in [-0.15, -0.1) is 12.4 Å². The molecule has 0 aliphatic carbocycles. The van der Waals surface area contributed by atoms with Gasteiger partial charge in [0, 0.05) is 27.7 Å². The number of nitrogens with one attached hydrogen (secondary N) is 2. The summed E-state index contributed by atoms with van der Waals surface area (Å²) in [6, 6.07) is 4.38. The molecule has 0 spiro atoms. The molecule has 144 valence electrons. The summed E-state index contributed by atoms with van der Waals surface area (Å²) >= 11 is 0. The Labute approximate surface area is 155 Å². The number of nitrogens with zero attached hydrogens (tertiary/aromatic N) is 1. The third-order valence-corrected chi connectivity index (χ3v) is 4.88. The zero-order valence-corrected chi connectivity index (χ0v) is 16.5. The maximum Gasteiger partial charge on any atom is 0.242 e. The van der Waals surface area contributed by atoms with Crippen molar-refractivity contribution in [3.05, 3.63) is 18.2 Å². The Morgan fingerprint density at radius 2 is 1.96 bits per heavy atom. The van der Waals surface area contributed by atoms with Crippen molar-refractivity contribution >= 4 is 34.0 Å². The Morgan fingerprint density at radius 1 is 1.28 bits per heavy atom. The van der Waals surface area contributed by atoms with E-state index in [-0.39, 0.29) is 29.8 Å². The summed E-state index contributed by atoms with van der Waals surface area (Å²) in [5.41, 5.74) is 0.318. The van der Waals surface area contributed by atoms with Gasteiger partial charge in [0.15, 0.2) is 0 Å². The molecule has 0 aliphatic heterocycles. The molecule has 10 heteroatoms. The van der Waals surface area contributed by atoms with Gasteiger partial charge in [-0.1, -0.05) is 0 Å². The molecular weight excluding hydrogens is 370 g/mol. The minimum atomic E-state index is -3.60. The molecule has 1 amide bonds. The number of anilines is 1. The molecule has 8 nitrogen and oxygen atoms in total. The molecule has 0 unspecified atom stereocenters. The molecule has 0 atom stereocenters. The van der Waals surface area contributed by atoms with Gasteiger partial charge in [-0.05, 0) is 25.1 Å². The van der Waals surface area contributed by atoms with Gasteiger partial charge < -0.3 is 20.1 Å². The Bertz CT molecular complexity index is 653. The van der Waals surface area contributed by atoms with Crippen molar-refractivity contribution in [1.29, 1.82) is 0 Å². The van der Waals surface area contributed by atoms with Gasteiger partial charge in [-0.25, -0.2) is 12.7 Å². The molecule has 0 aromatic heterocycles. The van der Waals surface area contributed by atoms with E-state index >= 15 is 0 Å². The number of halogens is 1.